The maximum absolute atomic E-state index is 14.4. The molecular weight excluding hydrogens is 507 g/mol. The molecule has 5 rings (SSSR count). The van der Waals surface area contributed by atoms with Crippen LogP contribution in [0, 0.1) is 17.7 Å². The van der Waals surface area contributed by atoms with Crippen LogP contribution < -0.4 is 14.5 Å². The molecule has 1 aliphatic carbocycles. The molecule has 0 bridgehead atoms. The number of halogens is 1. The first-order valence-corrected chi connectivity index (χ1v) is 13.8. The number of amides is 1. The highest BCUT2D eigenvalue weighted by Gasteiger charge is 2.31. The normalized spacial score (nSPS) is 16.1. The molecule has 38 heavy (non-hydrogen) atoms. The molecular formula is C28H31FN4O4S. The van der Waals surface area contributed by atoms with Gasteiger partial charge < -0.3 is 14.7 Å². The average Bonchev–Trinajstić information content (AvgIpc) is 3.60. The summed E-state index contributed by atoms with van der Waals surface area (Å²) in [5.74, 6) is -0.420. The van der Waals surface area contributed by atoms with Gasteiger partial charge in [-0.05, 0) is 36.1 Å². The number of nitrogens with zero attached hydrogens (tertiary/aromatic N) is 4. The number of ether oxygens (including phenoxy) is 1. The molecule has 10 heteroatoms. The summed E-state index contributed by atoms with van der Waals surface area (Å²) in [5.41, 5.74) is 2.62. The molecule has 3 heterocycles. The van der Waals surface area contributed by atoms with Gasteiger partial charge >= 0.3 is 5.97 Å². The third-order valence-electron chi connectivity index (χ3n) is 7.42. The maximum Gasteiger partial charge on any atom is 0.304 e. The van der Waals surface area contributed by atoms with Gasteiger partial charge in [0.25, 0.3) is 0 Å². The van der Waals surface area contributed by atoms with Crippen molar-refractivity contribution in [1.82, 2.24) is 9.97 Å². The van der Waals surface area contributed by atoms with Gasteiger partial charge in [0.2, 0.25) is 5.91 Å². The van der Waals surface area contributed by atoms with Crippen molar-refractivity contribution in [3.8, 4) is 28.1 Å². The zero-order valence-corrected chi connectivity index (χ0v) is 22.3. The second-order valence-electron chi connectivity index (χ2n) is 10.1. The second kappa shape index (κ2) is 11.1. The minimum atomic E-state index is -0.979. The number of carbonyl (C=O) groups excluding carboxylic acids is 1. The van der Waals surface area contributed by atoms with Crippen molar-refractivity contribution in [3.63, 3.8) is 0 Å². The van der Waals surface area contributed by atoms with Gasteiger partial charge in [0.05, 0.1) is 18.7 Å². The number of carboxylic acid groups (broad SMARTS) is 1. The van der Waals surface area contributed by atoms with E-state index in [4.69, 9.17) is 4.74 Å². The highest BCUT2D eigenvalue weighted by Crippen LogP contribution is 2.39. The van der Waals surface area contributed by atoms with Gasteiger partial charge in [-0.15, -0.1) is 11.3 Å². The van der Waals surface area contributed by atoms with Crippen molar-refractivity contribution in [3.05, 3.63) is 41.7 Å². The SMILES string of the molecule is CN1CCOc2cc(-c3ccc(F)cc3-c3csc(N(C)C(=O)C(CC(=O)O)CC4CCCC4)n3)cnc21. The number of hydrogen-bond acceptors (Lipinski definition) is 7. The molecule has 1 aromatic carbocycles. The lowest BCUT2D eigenvalue weighted by Crippen LogP contribution is -2.35. The molecule has 1 saturated carbocycles. The fourth-order valence-electron chi connectivity index (χ4n) is 5.40. The predicted molar refractivity (Wildman–Crippen MR) is 145 cm³/mol. The molecule has 1 aliphatic heterocycles. The van der Waals surface area contributed by atoms with E-state index in [2.05, 4.69) is 9.97 Å². The predicted octanol–water partition coefficient (Wildman–Crippen LogP) is 5.47. The number of aliphatic carboxylic acids is 1. The number of benzene rings is 1. The van der Waals surface area contributed by atoms with Crippen molar-refractivity contribution >= 4 is 34.2 Å². The standard InChI is InChI=1S/C28H31FN4O4S/c1-32-9-10-37-24-12-19(15-30-26(24)32)21-8-7-20(29)14-22(21)23-16-38-28(31-23)33(2)27(36)18(13-25(34)35)11-17-5-3-4-6-17/h7-8,12,14-18H,3-6,9-11,13H2,1-2H3,(H,34,35). The Hall–Kier alpha value is -3.53. The largest absolute Gasteiger partial charge is 0.488 e. The van der Waals surface area contributed by atoms with E-state index in [1.807, 2.05) is 18.0 Å². The summed E-state index contributed by atoms with van der Waals surface area (Å²) in [6.07, 6.45) is 6.44. The van der Waals surface area contributed by atoms with Gasteiger partial charge in [-0.3, -0.25) is 14.5 Å². The molecule has 0 spiro atoms. The van der Waals surface area contributed by atoms with E-state index in [0.29, 0.717) is 41.1 Å². The first-order chi connectivity index (χ1) is 18.3. The number of thiazole rings is 1. The van der Waals surface area contributed by atoms with Crippen LogP contribution in [0.3, 0.4) is 0 Å². The summed E-state index contributed by atoms with van der Waals surface area (Å²) in [6, 6.07) is 6.42. The number of carboxylic acids is 1. The Morgan fingerprint density at radius 2 is 2.05 bits per heavy atom. The fourth-order valence-corrected chi connectivity index (χ4v) is 6.19. The molecule has 1 N–H and O–H groups in total. The van der Waals surface area contributed by atoms with Crippen LogP contribution >= 0.6 is 11.3 Å². The third-order valence-corrected chi connectivity index (χ3v) is 8.34. The quantitative estimate of drug-likeness (QED) is 0.406. The lowest BCUT2D eigenvalue weighted by atomic mass is 9.90. The summed E-state index contributed by atoms with van der Waals surface area (Å²) in [7, 11) is 3.59. The van der Waals surface area contributed by atoms with Gasteiger partial charge in [-0.1, -0.05) is 31.7 Å². The number of rotatable bonds is 8. The Bertz CT molecular complexity index is 1340. The van der Waals surface area contributed by atoms with Gasteiger partial charge in [0, 0.05) is 42.7 Å². The van der Waals surface area contributed by atoms with Crippen molar-refractivity contribution in [2.45, 2.75) is 38.5 Å². The van der Waals surface area contributed by atoms with Crippen LogP contribution in [0.1, 0.15) is 38.5 Å². The van der Waals surface area contributed by atoms with Crippen molar-refractivity contribution in [1.29, 1.82) is 0 Å². The van der Waals surface area contributed by atoms with Crippen LogP contribution in [-0.2, 0) is 9.59 Å². The smallest absolute Gasteiger partial charge is 0.304 e. The number of fused-ring (bicyclic) bond motifs is 1. The van der Waals surface area contributed by atoms with Crippen molar-refractivity contribution in [2.24, 2.45) is 11.8 Å². The van der Waals surface area contributed by atoms with Gasteiger partial charge in [0.1, 0.15) is 12.4 Å². The van der Waals surface area contributed by atoms with E-state index < -0.39 is 17.7 Å². The molecule has 1 unspecified atom stereocenters. The van der Waals surface area contributed by atoms with E-state index in [1.54, 1.807) is 24.7 Å². The van der Waals surface area contributed by atoms with Crippen molar-refractivity contribution < 1.29 is 23.8 Å². The van der Waals surface area contributed by atoms with Crippen LogP contribution in [0.5, 0.6) is 5.75 Å². The first-order valence-electron chi connectivity index (χ1n) is 12.9. The van der Waals surface area contributed by atoms with Crippen LogP contribution in [0.2, 0.25) is 0 Å². The van der Waals surface area contributed by atoms with Crippen LogP contribution in [0.25, 0.3) is 22.4 Å². The number of carbonyl (C=O) groups is 2. The highest BCUT2D eigenvalue weighted by molar-refractivity contribution is 7.14. The lowest BCUT2D eigenvalue weighted by molar-refractivity contribution is -0.140. The molecule has 0 saturated heterocycles. The van der Waals surface area contributed by atoms with Gasteiger partial charge in [-0.2, -0.15) is 0 Å². The second-order valence-corrected chi connectivity index (χ2v) is 10.9. The Kier molecular flexibility index (Phi) is 7.60. The monoisotopic (exact) mass is 538 g/mol. The van der Waals surface area contributed by atoms with E-state index in [9.17, 15) is 19.1 Å². The molecule has 0 radical (unpaired) electrons. The van der Waals surface area contributed by atoms with Gasteiger partial charge in [0.15, 0.2) is 16.7 Å². The molecule has 200 valence electrons. The van der Waals surface area contributed by atoms with E-state index >= 15 is 0 Å². The number of likely N-dealkylation sites (N-methyl/N-ethyl adjacent to an activating group) is 1. The lowest BCUT2D eigenvalue weighted by Gasteiger charge is -2.26. The van der Waals surface area contributed by atoms with Gasteiger partial charge in [-0.25, -0.2) is 14.4 Å². The maximum atomic E-state index is 14.4. The first kappa shape index (κ1) is 26.1. The third kappa shape index (κ3) is 5.50. The molecule has 1 atom stereocenters. The Morgan fingerprint density at radius 1 is 1.26 bits per heavy atom. The zero-order chi connectivity index (χ0) is 26.8. The molecule has 1 amide bonds. The molecule has 1 fully saturated rings. The Balaban J connectivity index is 1.42. The summed E-state index contributed by atoms with van der Waals surface area (Å²) >= 11 is 1.27. The minimum absolute atomic E-state index is 0.200. The van der Waals surface area contributed by atoms with Crippen LogP contribution in [0.4, 0.5) is 15.3 Å². The number of anilines is 2. The summed E-state index contributed by atoms with van der Waals surface area (Å²) in [4.78, 5) is 37.6. The topological polar surface area (TPSA) is 95.9 Å². The average molecular weight is 539 g/mol. The molecule has 2 aliphatic rings. The number of pyridine rings is 1. The number of hydrogen-bond donors (Lipinski definition) is 1. The Morgan fingerprint density at radius 3 is 2.82 bits per heavy atom. The summed E-state index contributed by atoms with van der Waals surface area (Å²) < 4.78 is 20.2. The highest BCUT2D eigenvalue weighted by atomic mass is 32.1. The van der Waals surface area contributed by atoms with Crippen LogP contribution in [-0.4, -0.2) is 54.2 Å². The van der Waals surface area contributed by atoms with Crippen molar-refractivity contribution in [2.75, 3.05) is 37.0 Å². The zero-order valence-electron chi connectivity index (χ0n) is 21.5. The molecule has 3 aromatic rings. The van der Waals surface area contributed by atoms with E-state index in [1.165, 1.54) is 28.4 Å². The van der Waals surface area contributed by atoms with Crippen LogP contribution in [0.15, 0.2) is 35.8 Å². The van der Waals surface area contributed by atoms with E-state index in [-0.39, 0.29) is 12.3 Å². The van der Waals surface area contributed by atoms with E-state index in [0.717, 1.165) is 49.2 Å². The Labute approximate surface area is 225 Å². The molecule has 8 nitrogen and oxygen atoms in total. The summed E-state index contributed by atoms with van der Waals surface area (Å²) in [5, 5.41) is 11.7. The minimum Gasteiger partial charge on any atom is -0.488 e. The summed E-state index contributed by atoms with van der Waals surface area (Å²) in [6.45, 7) is 1.31. The number of aromatic nitrogens is 2. The fraction of sp³-hybridized carbons (Fsp3) is 0.429. The molecule has 2 aromatic heterocycles.